The van der Waals surface area contributed by atoms with Crippen molar-refractivity contribution in [2.75, 3.05) is 12.3 Å². The molecule has 1 atom stereocenters. The Balaban J connectivity index is 2.39. The number of thioether (sulfide) groups is 1. The lowest BCUT2D eigenvalue weighted by molar-refractivity contribution is -0.119. The quantitative estimate of drug-likeness (QED) is 0.757. The van der Waals surface area contributed by atoms with Gasteiger partial charge in [0.1, 0.15) is 0 Å². The number of benzene rings is 1. The zero-order valence-corrected chi connectivity index (χ0v) is 11.9. The van der Waals surface area contributed by atoms with Gasteiger partial charge in [-0.05, 0) is 31.0 Å². The second-order valence-electron chi connectivity index (χ2n) is 4.35. The maximum atomic E-state index is 11.3. The first-order valence-electron chi connectivity index (χ1n) is 6.30. The van der Waals surface area contributed by atoms with Crippen molar-refractivity contribution >= 4 is 17.7 Å². The van der Waals surface area contributed by atoms with E-state index in [1.54, 1.807) is 11.8 Å². The van der Waals surface area contributed by atoms with E-state index in [4.69, 9.17) is 5.73 Å². The van der Waals surface area contributed by atoms with Crippen molar-refractivity contribution in [2.45, 2.75) is 32.1 Å². The van der Waals surface area contributed by atoms with Crippen LogP contribution in [0.2, 0.25) is 0 Å². The zero-order valence-electron chi connectivity index (χ0n) is 11.1. The second kappa shape index (κ2) is 8.16. The zero-order chi connectivity index (χ0) is 13.4. The lowest BCUT2D eigenvalue weighted by Gasteiger charge is -2.14. The van der Waals surface area contributed by atoms with Crippen LogP contribution in [0.3, 0.4) is 0 Å². The molecule has 3 N–H and O–H groups in total. The van der Waals surface area contributed by atoms with Gasteiger partial charge in [-0.25, -0.2) is 0 Å². The van der Waals surface area contributed by atoms with Gasteiger partial charge in [0.15, 0.2) is 0 Å². The summed E-state index contributed by atoms with van der Waals surface area (Å²) in [4.78, 5) is 11.3. The third-order valence-corrected chi connectivity index (χ3v) is 3.87. The summed E-state index contributed by atoms with van der Waals surface area (Å²) >= 11 is 1.74. The first kappa shape index (κ1) is 15.1. The standard InChI is InChI=1S/C14H22N2OS/c1-3-8-16-13(14(15)17)10-18-9-12-7-5-4-6-11(12)2/h4-7,13,16H,3,8-10H2,1-2H3,(H2,15,17). The maximum absolute atomic E-state index is 11.3. The Hall–Kier alpha value is -1.00. The Bertz CT molecular complexity index is 382. The van der Waals surface area contributed by atoms with Crippen molar-refractivity contribution in [1.29, 1.82) is 0 Å². The molecular formula is C14H22N2OS. The number of carbonyl (C=O) groups is 1. The molecule has 0 fully saturated rings. The van der Waals surface area contributed by atoms with Crippen molar-refractivity contribution < 1.29 is 4.79 Å². The Kier molecular flexibility index (Phi) is 6.83. The molecule has 1 aromatic rings. The number of carbonyl (C=O) groups excluding carboxylic acids is 1. The molecule has 0 aliphatic carbocycles. The molecule has 3 nitrogen and oxygen atoms in total. The van der Waals surface area contributed by atoms with Crippen LogP contribution in [0.1, 0.15) is 24.5 Å². The minimum absolute atomic E-state index is 0.223. The molecule has 0 saturated heterocycles. The molecule has 1 amide bonds. The van der Waals surface area contributed by atoms with E-state index in [2.05, 4.69) is 31.3 Å². The Labute approximate surface area is 114 Å². The van der Waals surface area contributed by atoms with Crippen LogP contribution in [0.5, 0.6) is 0 Å². The summed E-state index contributed by atoms with van der Waals surface area (Å²) in [6.45, 7) is 5.01. The van der Waals surface area contributed by atoms with Gasteiger partial charge in [0.05, 0.1) is 6.04 Å². The normalized spacial score (nSPS) is 12.3. The van der Waals surface area contributed by atoms with Crippen LogP contribution in [-0.2, 0) is 10.5 Å². The van der Waals surface area contributed by atoms with Gasteiger partial charge in [-0.2, -0.15) is 11.8 Å². The molecule has 0 radical (unpaired) electrons. The Morgan fingerprint density at radius 1 is 1.44 bits per heavy atom. The number of amides is 1. The van der Waals surface area contributed by atoms with Crippen molar-refractivity contribution in [2.24, 2.45) is 5.73 Å². The Morgan fingerprint density at radius 2 is 2.17 bits per heavy atom. The molecule has 1 rings (SSSR count). The summed E-state index contributed by atoms with van der Waals surface area (Å²) in [5, 5.41) is 3.17. The van der Waals surface area contributed by atoms with Gasteiger partial charge < -0.3 is 11.1 Å². The number of primary amides is 1. The van der Waals surface area contributed by atoms with E-state index in [-0.39, 0.29) is 11.9 Å². The number of hydrogen-bond acceptors (Lipinski definition) is 3. The monoisotopic (exact) mass is 266 g/mol. The molecule has 1 aromatic carbocycles. The summed E-state index contributed by atoms with van der Waals surface area (Å²) < 4.78 is 0. The van der Waals surface area contributed by atoms with Crippen molar-refractivity contribution in [3.63, 3.8) is 0 Å². The van der Waals surface area contributed by atoms with Crippen LogP contribution in [-0.4, -0.2) is 24.2 Å². The first-order chi connectivity index (χ1) is 8.65. The fraction of sp³-hybridized carbons (Fsp3) is 0.500. The largest absolute Gasteiger partial charge is 0.368 e. The summed E-state index contributed by atoms with van der Waals surface area (Å²) in [6, 6.07) is 8.10. The average Bonchev–Trinajstić information content (AvgIpc) is 2.35. The van der Waals surface area contributed by atoms with E-state index >= 15 is 0 Å². The van der Waals surface area contributed by atoms with E-state index in [9.17, 15) is 4.79 Å². The summed E-state index contributed by atoms with van der Waals surface area (Å²) in [5.74, 6) is 1.38. The lowest BCUT2D eigenvalue weighted by atomic mass is 10.1. The summed E-state index contributed by atoms with van der Waals surface area (Å²) in [7, 11) is 0. The van der Waals surface area contributed by atoms with E-state index in [1.807, 2.05) is 12.1 Å². The van der Waals surface area contributed by atoms with Crippen LogP contribution < -0.4 is 11.1 Å². The van der Waals surface area contributed by atoms with Crippen LogP contribution in [0.15, 0.2) is 24.3 Å². The van der Waals surface area contributed by atoms with Gasteiger partial charge in [0, 0.05) is 11.5 Å². The van der Waals surface area contributed by atoms with Crippen LogP contribution >= 0.6 is 11.8 Å². The Morgan fingerprint density at radius 3 is 2.78 bits per heavy atom. The van der Waals surface area contributed by atoms with Crippen molar-refractivity contribution in [3.05, 3.63) is 35.4 Å². The third-order valence-electron chi connectivity index (χ3n) is 2.79. The number of nitrogens with one attached hydrogen (secondary N) is 1. The predicted octanol–water partition coefficient (Wildman–Crippen LogP) is 2.08. The highest BCUT2D eigenvalue weighted by molar-refractivity contribution is 7.98. The lowest BCUT2D eigenvalue weighted by Crippen LogP contribution is -2.43. The summed E-state index contributed by atoms with van der Waals surface area (Å²) in [5.41, 5.74) is 7.99. The van der Waals surface area contributed by atoms with E-state index in [1.165, 1.54) is 11.1 Å². The molecule has 4 heteroatoms. The number of nitrogens with two attached hydrogens (primary N) is 1. The van der Waals surface area contributed by atoms with E-state index in [0.29, 0.717) is 0 Å². The average molecular weight is 266 g/mol. The molecule has 0 saturated carbocycles. The number of rotatable bonds is 8. The minimum Gasteiger partial charge on any atom is -0.368 e. The third kappa shape index (κ3) is 5.10. The number of hydrogen-bond donors (Lipinski definition) is 2. The molecule has 18 heavy (non-hydrogen) atoms. The highest BCUT2D eigenvalue weighted by Crippen LogP contribution is 2.16. The molecule has 0 heterocycles. The SMILES string of the molecule is CCCNC(CSCc1ccccc1C)C(N)=O. The van der Waals surface area contributed by atoms with Crippen LogP contribution in [0.25, 0.3) is 0 Å². The van der Waals surface area contributed by atoms with Gasteiger partial charge in [-0.1, -0.05) is 31.2 Å². The number of aryl methyl sites for hydroxylation is 1. The molecule has 1 unspecified atom stereocenters. The van der Waals surface area contributed by atoms with Crippen molar-refractivity contribution in [1.82, 2.24) is 5.32 Å². The molecule has 0 aromatic heterocycles. The summed E-state index contributed by atoms with van der Waals surface area (Å²) in [6.07, 6.45) is 1.01. The first-order valence-corrected chi connectivity index (χ1v) is 7.45. The van der Waals surface area contributed by atoms with Crippen LogP contribution in [0, 0.1) is 6.92 Å². The van der Waals surface area contributed by atoms with Gasteiger partial charge in [0.2, 0.25) is 5.91 Å². The molecule has 0 spiro atoms. The molecule has 0 aliphatic heterocycles. The van der Waals surface area contributed by atoms with Gasteiger partial charge in [-0.15, -0.1) is 0 Å². The van der Waals surface area contributed by atoms with Gasteiger partial charge >= 0.3 is 0 Å². The van der Waals surface area contributed by atoms with E-state index < -0.39 is 0 Å². The van der Waals surface area contributed by atoms with E-state index in [0.717, 1.165) is 24.5 Å². The topological polar surface area (TPSA) is 55.1 Å². The molecule has 0 bridgehead atoms. The van der Waals surface area contributed by atoms with Gasteiger partial charge in [-0.3, -0.25) is 4.79 Å². The minimum atomic E-state index is -0.263. The predicted molar refractivity (Wildman–Crippen MR) is 78.6 cm³/mol. The second-order valence-corrected chi connectivity index (χ2v) is 5.38. The smallest absolute Gasteiger partial charge is 0.235 e. The highest BCUT2D eigenvalue weighted by Gasteiger charge is 2.13. The maximum Gasteiger partial charge on any atom is 0.235 e. The molecule has 100 valence electrons. The highest BCUT2D eigenvalue weighted by atomic mass is 32.2. The van der Waals surface area contributed by atoms with Crippen molar-refractivity contribution in [3.8, 4) is 0 Å². The molecular weight excluding hydrogens is 244 g/mol. The van der Waals surface area contributed by atoms with Gasteiger partial charge in [0.25, 0.3) is 0 Å². The fourth-order valence-corrected chi connectivity index (χ4v) is 2.80. The van der Waals surface area contributed by atoms with Crippen LogP contribution in [0.4, 0.5) is 0 Å². The fourth-order valence-electron chi connectivity index (χ4n) is 1.62. The molecule has 0 aliphatic rings.